The largest absolute Gasteiger partial charge is 0.426 e. The van der Waals surface area contributed by atoms with Gasteiger partial charge in [-0.15, -0.1) is 0 Å². The van der Waals surface area contributed by atoms with Crippen molar-refractivity contribution in [2.75, 3.05) is 0 Å². The minimum Gasteiger partial charge on any atom is -0.426 e. The van der Waals surface area contributed by atoms with Crippen LogP contribution in [0.2, 0.25) is 0 Å². The molecule has 0 saturated heterocycles. The van der Waals surface area contributed by atoms with Crippen LogP contribution in [0.1, 0.15) is 56.2 Å². The van der Waals surface area contributed by atoms with E-state index in [-0.39, 0.29) is 36.0 Å². The first kappa shape index (κ1) is 20.6. The molecule has 0 aliphatic rings. The minimum absolute atomic E-state index is 0.0276. The summed E-state index contributed by atoms with van der Waals surface area (Å²) in [6, 6.07) is 11.9. The molecule has 2 unspecified atom stereocenters. The van der Waals surface area contributed by atoms with Gasteiger partial charge in [0, 0.05) is 12.3 Å². The molecule has 0 heterocycles. The van der Waals surface area contributed by atoms with Crippen LogP contribution < -0.4 is 10.5 Å². The van der Waals surface area contributed by atoms with Gasteiger partial charge in [-0.25, -0.2) is 4.39 Å². The summed E-state index contributed by atoms with van der Waals surface area (Å²) in [7, 11) is 0. The van der Waals surface area contributed by atoms with Gasteiger partial charge in [0.15, 0.2) is 0 Å². The SMILES string of the molecule is CCC(C)C(=O)Oc1cc(CCC(N)=O)cc(C(C)c2ccc(F)cc2)c1. The molecule has 27 heavy (non-hydrogen) atoms. The summed E-state index contributed by atoms with van der Waals surface area (Å²) in [6.07, 6.45) is 1.37. The van der Waals surface area contributed by atoms with Crippen LogP contribution >= 0.6 is 0 Å². The fourth-order valence-electron chi connectivity index (χ4n) is 2.73. The number of rotatable bonds is 8. The third kappa shape index (κ3) is 5.91. The van der Waals surface area contributed by atoms with Gasteiger partial charge in [0.2, 0.25) is 5.91 Å². The molecule has 0 aliphatic heterocycles. The predicted octanol–water partition coefficient (Wildman–Crippen LogP) is 4.35. The normalized spacial score (nSPS) is 13.0. The lowest BCUT2D eigenvalue weighted by molar-refractivity contribution is -0.138. The number of carbonyl (C=O) groups excluding carboxylic acids is 2. The molecule has 0 radical (unpaired) electrons. The van der Waals surface area contributed by atoms with E-state index in [1.54, 1.807) is 18.2 Å². The number of hydrogen-bond donors (Lipinski definition) is 1. The van der Waals surface area contributed by atoms with E-state index in [9.17, 15) is 14.0 Å². The Bertz CT molecular complexity index is 802. The van der Waals surface area contributed by atoms with Gasteiger partial charge < -0.3 is 10.5 Å². The Morgan fingerprint density at radius 3 is 2.33 bits per heavy atom. The first-order chi connectivity index (χ1) is 12.8. The molecule has 0 fully saturated rings. The smallest absolute Gasteiger partial charge is 0.314 e. The molecule has 5 heteroatoms. The number of halogens is 1. The zero-order valence-electron chi connectivity index (χ0n) is 16.0. The average molecular weight is 371 g/mol. The van der Waals surface area contributed by atoms with Crippen LogP contribution in [0.4, 0.5) is 4.39 Å². The maximum absolute atomic E-state index is 13.2. The molecule has 4 nitrogen and oxygen atoms in total. The summed E-state index contributed by atoms with van der Waals surface area (Å²) in [5.74, 6) is -0.733. The second-order valence-corrected chi connectivity index (χ2v) is 6.88. The fraction of sp³-hybridized carbons (Fsp3) is 0.364. The van der Waals surface area contributed by atoms with Crippen LogP contribution in [0.5, 0.6) is 5.75 Å². The van der Waals surface area contributed by atoms with Crippen molar-refractivity contribution in [2.45, 2.75) is 46.0 Å². The summed E-state index contributed by atoms with van der Waals surface area (Å²) >= 11 is 0. The van der Waals surface area contributed by atoms with Crippen molar-refractivity contribution in [1.82, 2.24) is 0 Å². The average Bonchev–Trinajstić information content (AvgIpc) is 2.65. The van der Waals surface area contributed by atoms with Gasteiger partial charge >= 0.3 is 5.97 Å². The third-order valence-corrected chi connectivity index (χ3v) is 4.75. The number of benzene rings is 2. The molecule has 144 valence electrons. The third-order valence-electron chi connectivity index (χ3n) is 4.75. The number of aryl methyl sites for hydroxylation is 1. The van der Waals surface area contributed by atoms with Gasteiger partial charge in [-0.2, -0.15) is 0 Å². The van der Waals surface area contributed by atoms with Gasteiger partial charge in [-0.05, 0) is 53.8 Å². The second-order valence-electron chi connectivity index (χ2n) is 6.88. The lowest BCUT2D eigenvalue weighted by Gasteiger charge is -2.17. The van der Waals surface area contributed by atoms with E-state index in [1.165, 1.54) is 12.1 Å². The van der Waals surface area contributed by atoms with E-state index in [0.717, 1.165) is 16.7 Å². The number of amides is 1. The Kier molecular flexibility index (Phi) is 7.11. The molecule has 0 bridgehead atoms. The Morgan fingerprint density at radius 1 is 1.07 bits per heavy atom. The first-order valence-corrected chi connectivity index (χ1v) is 9.19. The fourth-order valence-corrected chi connectivity index (χ4v) is 2.73. The molecule has 2 aromatic rings. The van der Waals surface area contributed by atoms with E-state index in [0.29, 0.717) is 18.6 Å². The zero-order chi connectivity index (χ0) is 20.0. The van der Waals surface area contributed by atoms with Crippen molar-refractivity contribution in [3.05, 3.63) is 65.0 Å². The molecule has 0 spiro atoms. The van der Waals surface area contributed by atoms with Crippen molar-refractivity contribution in [3.63, 3.8) is 0 Å². The van der Waals surface area contributed by atoms with Gasteiger partial charge in [0.1, 0.15) is 11.6 Å². The predicted molar refractivity (Wildman–Crippen MR) is 103 cm³/mol. The van der Waals surface area contributed by atoms with E-state index in [1.807, 2.05) is 32.9 Å². The van der Waals surface area contributed by atoms with Crippen LogP contribution in [0, 0.1) is 11.7 Å². The van der Waals surface area contributed by atoms with Crippen LogP contribution in [0.3, 0.4) is 0 Å². The number of hydrogen-bond acceptors (Lipinski definition) is 3. The zero-order valence-corrected chi connectivity index (χ0v) is 16.0. The Labute approximate surface area is 159 Å². The second kappa shape index (κ2) is 9.31. The van der Waals surface area contributed by atoms with E-state index < -0.39 is 0 Å². The van der Waals surface area contributed by atoms with Crippen LogP contribution in [-0.2, 0) is 16.0 Å². The molecule has 0 aromatic heterocycles. The summed E-state index contributed by atoms with van der Waals surface area (Å²) in [4.78, 5) is 23.3. The van der Waals surface area contributed by atoms with Crippen LogP contribution in [0.15, 0.2) is 42.5 Å². The molecule has 0 saturated carbocycles. The highest BCUT2D eigenvalue weighted by Gasteiger charge is 2.16. The highest BCUT2D eigenvalue weighted by Crippen LogP contribution is 2.29. The Morgan fingerprint density at radius 2 is 1.74 bits per heavy atom. The van der Waals surface area contributed by atoms with E-state index in [2.05, 4.69) is 0 Å². The standard InChI is InChI=1S/C22H26FNO3/c1-4-14(2)22(26)27-20-12-16(5-10-21(24)25)11-18(13-20)15(3)17-6-8-19(23)9-7-17/h6-9,11-15H,4-5,10H2,1-3H3,(H2,24,25). The van der Waals surface area contributed by atoms with Gasteiger partial charge in [0.25, 0.3) is 0 Å². The van der Waals surface area contributed by atoms with E-state index in [4.69, 9.17) is 10.5 Å². The summed E-state index contributed by atoms with van der Waals surface area (Å²) < 4.78 is 18.8. The quantitative estimate of drug-likeness (QED) is 0.554. The Balaban J connectivity index is 2.34. The molecule has 1 amide bonds. The number of ether oxygens (including phenoxy) is 1. The van der Waals surface area contributed by atoms with Crippen molar-refractivity contribution in [1.29, 1.82) is 0 Å². The number of esters is 1. The van der Waals surface area contributed by atoms with Crippen LogP contribution in [0.25, 0.3) is 0 Å². The van der Waals surface area contributed by atoms with Gasteiger partial charge in [0.05, 0.1) is 5.92 Å². The van der Waals surface area contributed by atoms with E-state index >= 15 is 0 Å². The lowest BCUT2D eigenvalue weighted by Crippen LogP contribution is -2.17. The van der Waals surface area contributed by atoms with Crippen molar-refractivity contribution >= 4 is 11.9 Å². The van der Waals surface area contributed by atoms with Crippen molar-refractivity contribution in [3.8, 4) is 5.75 Å². The highest BCUT2D eigenvalue weighted by molar-refractivity contribution is 5.75. The molecule has 2 N–H and O–H groups in total. The topological polar surface area (TPSA) is 69.4 Å². The monoisotopic (exact) mass is 371 g/mol. The molecular formula is C22H26FNO3. The highest BCUT2D eigenvalue weighted by atomic mass is 19.1. The molecule has 2 rings (SSSR count). The summed E-state index contributed by atoms with van der Waals surface area (Å²) in [5.41, 5.74) is 8.00. The summed E-state index contributed by atoms with van der Waals surface area (Å²) in [5, 5.41) is 0. The van der Waals surface area contributed by atoms with Crippen molar-refractivity contribution < 1.29 is 18.7 Å². The molecule has 2 aromatic carbocycles. The maximum Gasteiger partial charge on any atom is 0.314 e. The molecule has 2 atom stereocenters. The maximum atomic E-state index is 13.2. The van der Waals surface area contributed by atoms with Gasteiger partial charge in [-0.3, -0.25) is 9.59 Å². The number of carbonyl (C=O) groups is 2. The lowest BCUT2D eigenvalue weighted by atomic mass is 9.91. The van der Waals surface area contributed by atoms with Crippen LogP contribution in [-0.4, -0.2) is 11.9 Å². The minimum atomic E-state index is -0.384. The van der Waals surface area contributed by atoms with Gasteiger partial charge in [-0.1, -0.05) is 39.0 Å². The first-order valence-electron chi connectivity index (χ1n) is 9.19. The Hall–Kier alpha value is -2.69. The number of nitrogens with two attached hydrogens (primary N) is 1. The molecular weight excluding hydrogens is 345 g/mol. The van der Waals surface area contributed by atoms with Crippen molar-refractivity contribution in [2.24, 2.45) is 11.7 Å². The summed E-state index contributed by atoms with van der Waals surface area (Å²) in [6.45, 7) is 5.75. The molecule has 0 aliphatic carbocycles. The number of primary amides is 1.